The van der Waals surface area contributed by atoms with E-state index < -0.39 is 17.5 Å². The molecule has 0 amide bonds. The van der Waals surface area contributed by atoms with E-state index in [1.165, 1.54) is 36.8 Å². The predicted octanol–water partition coefficient (Wildman–Crippen LogP) is 5.43. The molecule has 0 saturated carbocycles. The van der Waals surface area contributed by atoms with Gasteiger partial charge in [0.25, 0.3) is 0 Å². The summed E-state index contributed by atoms with van der Waals surface area (Å²) < 4.78 is 41.8. The van der Waals surface area contributed by atoms with Gasteiger partial charge in [-0.2, -0.15) is 0 Å². The zero-order valence-electron chi connectivity index (χ0n) is 13.0. The Balaban J connectivity index is 2.03. The van der Waals surface area contributed by atoms with E-state index in [4.69, 9.17) is 11.6 Å². The Bertz CT molecular complexity index is 1130. The molecule has 0 aliphatic rings. The number of hydrogen-bond donors (Lipinski definition) is 0. The molecule has 0 N–H and O–H groups in total. The van der Waals surface area contributed by atoms with Crippen LogP contribution in [0.3, 0.4) is 0 Å². The van der Waals surface area contributed by atoms with E-state index in [0.717, 1.165) is 12.1 Å². The van der Waals surface area contributed by atoms with Gasteiger partial charge in [-0.1, -0.05) is 17.7 Å². The van der Waals surface area contributed by atoms with Crippen molar-refractivity contribution < 1.29 is 13.2 Å². The average molecular weight is 372 g/mol. The number of pyridine rings is 1. The van der Waals surface area contributed by atoms with E-state index in [1.54, 1.807) is 6.07 Å². The number of aromatic nitrogens is 3. The standard InChI is InChI=1S/C19H9ClF3N3/c20-13-8-10(21)4-5-11(13)17-12-6-7-24-19(18(12)26-9-25-17)16-14(22)2-1-3-15(16)23/h1-9H. The monoisotopic (exact) mass is 371 g/mol. The first-order valence-electron chi connectivity index (χ1n) is 7.56. The molecule has 2 aromatic heterocycles. The molecular weight excluding hydrogens is 363 g/mol. The van der Waals surface area contributed by atoms with Gasteiger partial charge in [0.2, 0.25) is 0 Å². The zero-order chi connectivity index (χ0) is 18.3. The maximum Gasteiger partial charge on any atom is 0.135 e. The summed E-state index contributed by atoms with van der Waals surface area (Å²) in [7, 11) is 0. The van der Waals surface area contributed by atoms with Gasteiger partial charge in [0.05, 0.1) is 16.3 Å². The highest BCUT2D eigenvalue weighted by molar-refractivity contribution is 6.33. The van der Waals surface area contributed by atoms with Crippen molar-refractivity contribution in [2.75, 3.05) is 0 Å². The summed E-state index contributed by atoms with van der Waals surface area (Å²) in [5.41, 5.74) is 0.946. The van der Waals surface area contributed by atoms with Crippen LogP contribution in [0, 0.1) is 17.5 Å². The predicted molar refractivity (Wildman–Crippen MR) is 93.1 cm³/mol. The minimum absolute atomic E-state index is 0.0555. The summed E-state index contributed by atoms with van der Waals surface area (Å²) in [6.45, 7) is 0. The van der Waals surface area contributed by atoms with Gasteiger partial charge in [-0.25, -0.2) is 23.1 Å². The second kappa shape index (κ2) is 6.38. The van der Waals surface area contributed by atoms with Crippen molar-refractivity contribution in [2.45, 2.75) is 0 Å². The second-order valence-corrected chi connectivity index (χ2v) is 5.91. The van der Waals surface area contributed by atoms with Crippen molar-refractivity contribution in [3.05, 3.63) is 77.5 Å². The summed E-state index contributed by atoms with van der Waals surface area (Å²) >= 11 is 6.14. The fourth-order valence-electron chi connectivity index (χ4n) is 2.79. The molecule has 0 aliphatic heterocycles. The lowest BCUT2D eigenvalue weighted by molar-refractivity contribution is 0.589. The highest BCUT2D eigenvalue weighted by atomic mass is 35.5. The van der Waals surface area contributed by atoms with E-state index in [1.807, 2.05) is 0 Å². The highest BCUT2D eigenvalue weighted by Crippen LogP contribution is 2.35. The molecule has 3 nitrogen and oxygen atoms in total. The van der Waals surface area contributed by atoms with Gasteiger partial charge < -0.3 is 0 Å². The van der Waals surface area contributed by atoms with Crippen LogP contribution in [0.4, 0.5) is 13.2 Å². The number of fused-ring (bicyclic) bond motifs is 1. The average Bonchev–Trinajstić information content (AvgIpc) is 2.61. The van der Waals surface area contributed by atoms with E-state index >= 15 is 0 Å². The third kappa shape index (κ3) is 2.68. The lowest BCUT2D eigenvalue weighted by Crippen LogP contribution is -1.97. The summed E-state index contributed by atoms with van der Waals surface area (Å²) in [5.74, 6) is -1.97. The fourth-order valence-corrected chi connectivity index (χ4v) is 3.05. The Labute approximate surface area is 151 Å². The van der Waals surface area contributed by atoms with Gasteiger partial charge in [0, 0.05) is 17.1 Å². The molecule has 4 aromatic rings. The van der Waals surface area contributed by atoms with Crippen LogP contribution in [0.2, 0.25) is 5.02 Å². The van der Waals surface area contributed by atoms with Gasteiger partial charge in [0.15, 0.2) is 0 Å². The van der Waals surface area contributed by atoms with Crippen LogP contribution in [0.25, 0.3) is 33.4 Å². The first-order chi connectivity index (χ1) is 12.6. The van der Waals surface area contributed by atoms with Crippen molar-refractivity contribution in [2.24, 2.45) is 0 Å². The second-order valence-electron chi connectivity index (χ2n) is 5.50. The molecule has 26 heavy (non-hydrogen) atoms. The SMILES string of the molecule is Fc1ccc(-c2ncnc3c(-c4c(F)cccc4F)nccc23)c(Cl)c1. The van der Waals surface area contributed by atoms with Crippen molar-refractivity contribution in [3.63, 3.8) is 0 Å². The third-order valence-electron chi connectivity index (χ3n) is 3.94. The van der Waals surface area contributed by atoms with Gasteiger partial charge >= 0.3 is 0 Å². The van der Waals surface area contributed by atoms with Crippen LogP contribution in [0.5, 0.6) is 0 Å². The Morgan fingerprint density at radius 1 is 0.808 bits per heavy atom. The topological polar surface area (TPSA) is 38.7 Å². The minimum Gasteiger partial charge on any atom is -0.254 e. The first-order valence-corrected chi connectivity index (χ1v) is 7.93. The quantitative estimate of drug-likeness (QED) is 0.471. The molecule has 4 rings (SSSR count). The third-order valence-corrected chi connectivity index (χ3v) is 4.25. The van der Waals surface area contributed by atoms with Gasteiger partial charge in [-0.3, -0.25) is 4.98 Å². The number of benzene rings is 2. The van der Waals surface area contributed by atoms with Crippen molar-refractivity contribution >= 4 is 22.5 Å². The number of halogens is 4. The number of rotatable bonds is 2. The lowest BCUT2D eigenvalue weighted by atomic mass is 10.0. The van der Waals surface area contributed by atoms with Crippen molar-refractivity contribution in [1.82, 2.24) is 15.0 Å². The molecule has 0 bridgehead atoms. The molecular formula is C19H9ClF3N3. The lowest BCUT2D eigenvalue weighted by Gasteiger charge is -2.10. The van der Waals surface area contributed by atoms with Gasteiger partial charge in [0.1, 0.15) is 35.0 Å². The van der Waals surface area contributed by atoms with E-state index in [9.17, 15) is 13.2 Å². The first kappa shape index (κ1) is 16.5. The fraction of sp³-hybridized carbons (Fsp3) is 0. The molecule has 0 radical (unpaired) electrons. The smallest absolute Gasteiger partial charge is 0.135 e. The van der Waals surface area contributed by atoms with E-state index in [2.05, 4.69) is 15.0 Å². The van der Waals surface area contributed by atoms with Crippen molar-refractivity contribution in [1.29, 1.82) is 0 Å². The summed E-state index contributed by atoms with van der Waals surface area (Å²) in [4.78, 5) is 12.5. The summed E-state index contributed by atoms with van der Waals surface area (Å²) in [6, 6.07) is 9.11. The number of hydrogen-bond acceptors (Lipinski definition) is 3. The summed E-state index contributed by atoms with van der Waals surface area (Å²) in [5, 5.41) is 0.661. The van der Waals surface area contributed by atoms with Gasteiger partial charge in [-0.15, -0.1) is 0 Å². The molecule has 0 spiro atoms. The Kier molecular flexibility index (Phi) is 4.05. The summed E-state index contributed by atoms with van der Waals surface area (Å²) in [6.07, 6.45) is 2.66. The van der Waals surface area contributed by atoms with Crippen LogP contribution >= 0.6 is 11.6 Å². The van der Waals surface area contributed by atoms with Crippen LogP contribution in [-0.2, 0) is 0 Å². The van der Waals surface area contributed by atoms with Crippen LogP contribution in [0.15, 0.2) is 55.0 Å². The maximum absolute atomic E-state index is 14.2. The van der Waals surface area contributed by atoms with Gasteiger partial charge in [-0.05, 0) is 36.4 Å². The molecule has 0 atom stereocenters. The highest BCUT2D eigenvalue weighted by Gasteiger charge is 2.18. The zero-order valence-corrected chi connectivity index (χ0v) is 13.8. The molecule has 128 valence electrons. The van der Waals surface area contributed by atoms with E-state index in [0.29, 0.717) is 16.6 Å². The molecule has 2 aromatic carbocycles. The van der Waals surface area contributed by atoms with Crippen LogP contribution in [-0.4, -0.2) is 15.0 Å². The Hall–Kier alpha value is -2.99. The van der Waals surface area contributed by atoms with Crippen molar-refractivity contribution in [3.8, 4) is 22.5 Å². The molecule has 0 unspecified atom stereocenters. The Morgan fingerprint density at radius 2 is 1.58 bits per heavy atom. The maximum atomic E-state index is 14.2. The molecule has 0 fully saturated rings. The minimum atomic E-state index is -0.745. The molecule has 0 aliphatic carbocycles. The van der Waals surface area contributed by atoms with Crippen LogP contribution in [0.1, 0.15) is 0 Å². The van der Waals surface area contributed by atoms with E-state index in [-0.39, 0.29) is 21.8 Å². The molecule has 0 saturated heterocycles. The Morgan fingerprint density at radius 3 is 2.31 bits per heavy atom. The van der Waals surface area contributed by atoms with Crippen LogP contribution < -0.4 is 0 Å². The molecule has 7 heteroatoms. The molecule has 2 heterocycles. The normalized spacial score (nSPS) is 11.1. The largest absolute Gasteiger partial charge is 0.254 e. The number of nitrogens with zero attached hydrogens (tertiary/aromatic N) is 3.